The molecule has 0 aromatic carbocycles. The monoisotopic (exact) mass is 222 g/mol. The SMILES string of the molecule is N#Cc1nc(/N=C/c2ccncc2)[nH]c1C#N. The molecule has 2 heterocycles. The lowest BCUT2D eigenvalue weighted by Gasteiger charge is -1.88. The van der Waals surface area contributed by atoms with Crippen LogP contribution in [0.5, 0.6) is 0 Å². The highest BCUT2D eigenvalue weighted by atomic mass is 15.1. The van der Waals surface area contributed by atoms with Gasteiger partial charge in [-0.05, 0) is 17.7 Å². The lowest BCUT2D eigenvalue weighted by molar-refractivity contribution is 1.23. The van der Waals surface area contributed by atoms with Gasteiger partial charge in [0.1, 0.15) is 12.1 Å². The molecule has 0 bridgehead atoms. The molecule has 1 N–H and O–H groups in total. The maximum Gasteiger partial charge on any atom is 0.229 e. The minimum Gasteiger partial charge on any atom is -0.313 e. The summed E-state index contributed by atoms with van der Waals surface area (Å²) in [5.74, 6) is 0.231. The van der Waals surface area contributed by atoms with E-state index in [0.29, 0.717) is 0 Å². The molecule has 2 aromatic heterocycles. The summed E-state index contributed by atoms with van der Waals surface area (Å²) in [6.07, 6.45) is 4.86. The third kappa shape index (κ3) is 2.33. The van der Waals surface area contributed by atoms with Gasteiger partial charge >= 0.3 is 0 Å². The predicted molar refractivity (Wildman–Crippen MR) is 59.5 cm³/mol. The lowest BCUT2D eigenvalue weighted by atomic mass is 10.3. The molecule has 0 unspecified atom stereocenters. The average molecular weight is 222 g/mol. The van der Waals surface area contributed by atoms with Crippen molar-refractivity contribution in [2.45, 2.75) is 0 Å². The molecule has 0 atom stereocenters. The third-order valence-electron chi connectivity index (χ3n) is 1.95. The van der Waals surface area contributed by atoms with Crippen molar-refractivity contribution < 1.29 is 0 Å². The molecular weight excluding hydrogens is 216 g/mol. The number of nitrogens with one attached hydrogen (secondary N) is 1. The van der Waals surface area contributed by atoms with E-state index < -0.39 is 0 Å². The van der Waals surface area contributed by atoms with Crippen LogP contribution in [-0.2, 0) is 0 Å². The number of hydrogen-bond acceptors (Lipinski definition) is 5. The summed E-state index contributed by atoms with van der Waals surface area (Å²) in [6.45, 7) is 0. The van der Waals surface area contributed by atoms with Gasteiger partial charge in [0.15, 0.2) is 11.4 Å². The van der Waals surface area contributed by atoms with Crippen LogP contribution in [-0.4, -0.2) is 21.2 Å². The first-order valence-electron chi connectivity index (χ1n) is 4.68. The number of hydrogen-bond donors (Lipinski definition) is 1. The zero-order valence-electron chi connectivity index (χ0n) is 8.62. The second-order valence-electron chi connectivity index (χ2n) is 3.05. The van der Waals surface area contributed by atoms with Crippen molar-refractivity contribution in [3.63, 3.8) is 0 Å². The van der Waals surface area contributed by atoms with E-state index in [4.69, 9.17) is 10.5 Å². The summed E-state index contributed by atoms with van der Waals surface area (Å²) in [5.41, 5.74) is 1.03. The van der Waals surface area contributed by atoms with Gasteiger partial charge in [0.05, 0.1) is 0 Å². The molecule has 80 valence electrons. The molecule has 0 aliphatic carbocycles. The summed E-state index contributed by atoms with van der Waals surface area (Å²) in [4.78, 5) is 14.4. The van der Waals surface area contributed by atoms with E-state index in [-0.39, 0.29) is 17.3 Å². The Kier molecular flexibility index (Phi) is 2.90. The number of nitrogens with zero attached hydrogens (tertiary/aromatic N) is 5. The predicted octanol–water partition coefficient (Wildman–Crippen LogP) is 1.30. The molecule has 17 heavy (non-hydrogen) atoms. The standard InChI is InChI=1S/C11H6N6/c12-5-9-10(6-13)17-11(16-9)15-7-8-1-3-14-4-2-8/h1-4,7H,(H,16,17)/b15-7+. The fourth-order valence-electron chi connectivity index (χ4n) is 1.17. The lowest BCUT2D eigenvalue weighted by Crippen LogP contribution is -1.80. The molecule has 0 saturated heterocycles. The van der Waals surface area contributed by atoms with Gasteiger partial charge in [-0.2, -0.15) is 15.5 Å². The van der Waals surface area contributed by atoms with Gasteiger partial charge < -0.3 is 4.98 Å². The smallest absolute Gasteiger partial charge is 0.229 e. The van der Waals surface area contributed by atoms with Gasteiger partial charge in [-0.3, -0.25) is 4.98 Å². The van der Waals surface area contributed by atoms with Crippen LogP contribution in [0, 0.1) is 22.7 Å². The number of aromatic nitrogens is 3. The Morgan fingerprint density at radius 1 is 1.24 bits per heavy atom. The van der Waals surface area contributed by atoms with Crippen LogP contribution in [0.25, 0.3) is 0 Å². The molecule has 0 spiro atoms. The first kappa shape index (κ1) is 10.5. The molecule has 6 nitrogen and oxygen atoms in total. The van der Waals surface area contributed by atoms with Gasteiger partial charge in [-0.15, -0.1) is 0 Å². The highest BCUT2D eigenvalue weighted by Gasteiger charge is 2.07. The van der Waals surface area contributed by atoms with Crippen molar-refractivity contribution in [3.05, 3.63) is 41.5 Å². The van der Waals surface area contributed by atoms with Crippen LogP contribution in [0.15, 0.2) is 29.5 Å². The number of rotatable bonds is 2. The van der Waals surface area contributed by atoms with E-state index in [0.717, 1.165) is 5.56 Å². The quantitative estimate of drug-likeness (QED) is 0.773. The third-order valence-corrected chi connectivity index (χ3v) is 1.95. The van der Waals surface area contributed by atoms with Crippen LogP contribution in [0.4, 0.5) is 5.95 Å². The molecule has 0 saturated carbocycles. The van der Waals surface area contributed by atoms with Crippen LogP contribution >= 0.6 is 0 Å². The molecule has 2 aromatic rings. The van der Waals surface area contributed by atoms with E-state index in [1.165, 1.54) is 0 Å². The normalized spacial score (nSPS) is 10.0. The zero-order chi connectivity index (χ0) is 12.1. The van der Waals surface area contributed by atoms with Gasteiger partial charge in [-0.25, -0.2) is 4.99 Å². The first-order valence-corrected chi connectivity index (χ1v) is 4.68. The molecule has 0 aliphatic heterocycles. The Morgan fingerprint density at radius 2 is 2.00 bits per heavy atom. The fourth-order valence-corrected chi connectivity index (χ4v) is 1.17. The highest BCUT2D eigenvalue weighted by Crippen LogP contribution is 2.10. The van der Waals surface area contributed by atoms with E-state index >= 15 is 0 Å². The summed E-state index contributed by atoms with van der Waals surface area (Å²) in [6, 6.07) is 7.22. The maximum atomic E-state index is 8.72. The summed E-state index contributed by atoms with van der Waals surface area (Å²) in [7, 11) is 0. The Labute approximate surface area is 96.9 Å². The number of aliphatic imine (C=N–C) groups is 1. The van der Waals surface area contributed by atoms with Crippen LogP contribution < -0.4 is 0 Å². The number of nitriles is 2. The number of aromatic amines is 1. The molecule has 0 radical (unpaired) electrons. The second kappa shape index (κ2) is 4.69. The first-order chi connectivity index (χ1) is 8.33. The summed E-state index contributed by atoms with van der Waals surface area (Å²) >= 11 is 0. The van der Waals surface area contributed by atoms with Crippen molar-refractivity contribution in [2.24, 2.45) is 4.99 Å². The van der Waals surface area contributed by atoms with E-state index in [9.17, 15) is 0 Å². The van der Waals surface area contributed by atoms with Gasteiger partial charge in [-0.1, -0.05) is 0 Å². The average Bonchev–Trinajstić information content (AvgIpc) is 2.80. The minimum atomic E-state index is 0.0504. The Morgan fingerprint density at radius 3 is 2.59 bits per heavy atom. The van der Waals surface area contributed by atoms with Crippen LogP contribution in [0.2, 0.25) is 0 Å². The van der Waals surface area contributed by atoms with E-state index in [1.807, 2.05) is 12.1 Å². The second-order valence-corrected chi connectivity index (χ2v) is 3.05. The number of imidazole rings is 1. The van der Waals surface area contributed by atoms with Gasteiger partial charge in [0.25, 0.3) is 0 Å². The van der Waals surface area contributed by atoms with Crippen molar-refractivity contribution >= 4 is 12.2 Å². The zero-order valence-corrected chi connectivity index (χ0v) is 8.62. The fraction of sp³-hybridized carbons (Fsp3) is 0. The largest absolute Gasteiger partial charge is 0.313 e. The van der Waals surface area contributed by atoms with Crippen molar-refractivity contribution in [2.75, 3.05) is 0 Å². The Bertz CT molecular complexity index is 595. The van der Waals surface area contributed by atoms with E-state index in [1.54, 1.807) is 30.7 Å². The topological polar surface area (TPSA) is 102 Å². The van der Waals surface area contributed by atoms with Crippen molar-refractivity contribution in [3.8, 4) is 12.1 Å². The minimum absolute atomic E-state index is 0.0504. The molecule has 0 fully saturated rings. The molecule has 6 heteroatoms. The maximum absolute atomic E-state index is 8.72. The number of H-pyrrole nitrogens is 1. The summed E-state index contributed by atoms with van der Waals surface area (Å²) < 4.78 is 0. The molecule has 0 aliphatic rings. The van der Waals surface area contributed by atoms with Crippen LogP contribution in [0.1, 0.15) is 17.0 Å². The Balaban J connectivity index is 2.26. The van der Waals surface area contributed by atoms with Crippen molar-refractivity contribution in [1.29, 1.82) is 10.5 Å². The highest BCUT2D eigenvalue weighted by molar-refractivity contribution is 5.80. The molecule has 0 amide bonds. The van der Waals surface area contributed by atoms with E-state index in [2.05, 4.69) is 19.9 Å². The van der Waals surface area contributed by atoms with Gasteiger partial charge in [0, 0.05) is 18.6 Å². The summed E-state index contributed by atoms with van der Waals surface area (Å²) in [5, 5.41) is 17.4. The Hall–Kier alpha value is -2.99. The molecule has 2 rings (SSSR count). The molecular formula is C11H6N6. The van der Waals surface area contributed by atoms with Crippen molar-refractivity contribution in [1.82, 2.24) is 15.0 Å². The van der Waals surface area contributed by atoms with Crippen LogP contribution in [0.3, 0.4) is 0 Å². The van der Waals surface area contributed by atoms with Gasteiger partial charge in [0.2, 0.25) is 5.95 Å². The number of pyridine rings is 1.